The minimum Gasteiger partial charge on any atom is -0.469 e. The predicted octanol–water partition coefficient (Wildman–Crippen LogP) is 2.15. The molecule has 1 heterocycles. The zero-order chi connectivity index (χ0) is 12.1. The second kappa shape index (κ2) is 5.84. The van der Waals surface area contributed by atoms with Gasteiger partial charge in [-0.3, -0.25) is 4.79 Å². The number of methoxy groups -OCH3 is 1. The standard InChI is InChI=1S/C11H15BrN2O2/c1-8-6-9(12)7-13-11(8)14(2)5-4-10(15)16-3/h6-7H,4-5H2,1-3H3. The van der Waals surface area contributed by atoms with Crippen molar-refractivity contribution in [2.45, 2.75) is 13.3 Å². The average molecular weight is 287 g/mol. The molecule has 0 N–H and O–H groups in total. The Bertz CT molecular complexity index is 382. The monoisotopic (exact) mass is 286 g/mol. The van der Waals surface area contributed by atoms with Crippen LogP contribution in [0.15, 0.2) is 16.7 Å². The molecule has 88 valence electrons. The number of halogens is 1. The number of carbonyl (C=O) groups excluding carboxylic acids is 1. The number of pyridine rings is 1. The Kier molecular flexibility index (Phi) is 4.73. The largest absolute Gasteiger partial charge is 0.469 e. The van der Waals surface area contributed by atoms with Crippen LogP contribution in [-0.2, 0) is 9.53 Å². The maximum Gasteiger partial charge on any atom is 0.307 e. The van der Waals surface area contributed by atoms with Crippen molar-refractivity contribution in [3.05, 3.63) is 22.3 Å². The molecule has 0 saturated carbocycles. The summed E-state index contributed by atoms with van der Waals surface area (Å²) in [5, 5.41) is 0. The van der Waals surface area contributed by atoms with E-state index in [9.17, 15) is 4.79 Å². The van der Waals surface area contributed by atoms with Crippen LogP contribution in [0.2, 0.25) is 0 Å². The van der Waals surface area contributed by atoms with Crippen LogP contribution < -0.4 is 4.90 Å². The van der Waals surface area contributed by atoms with Crippen LogP contribution in [-0.4, -0.2) is 31.7 Å². The van der Waals surface area contributed by atoms with E-state index >= 15 is 0 Å². The molecule has 0 aliphatic rings. The number of hydrogen-bond donors (Lipinski definition) is 0. The van der Waals surface area contributed by atoms with Crippen LogP contribution in [0.5, 0.6) is 0 Å². The molecular weight excluding hydrogens is 272 g/mol. The molecule has 0 unspecified atom stereocenters. The Morgan fingerprint density at radius 2 is 2.31 bits per heavy atom. The van der Waals surface area contributed by atoms with Crippen molar-refractivity contribution >= 4 is 27.7 Å². The Morgan fingerprint density at radius 3 is 2.88 bits per heavy atom. The maximum atomic E-state index is 11.0. The van der Waals surface area contributed by atoms with Crippen molar-refractivity contribution in [1.29, 1.82) is 0 Å². The zero-order valence-electron chi connectivity index (χ0n) is 9.66. The molecular formula is C11H15BrN2O2. The van der Waals surface area contributed by atoms with Crippen LogP contribution in [0.1, 0.15) is 12.0 Å². The molecule has 0 aromatic carbocycles. The summed E-state index contributed by atoms with van der Waals surface area (Å²) in [6.07, 6.45) is 2.11. The van der Waals surface area contributed by atoms with Crippen molar-refractivity contribution < 1.29 is 9.53 Å². The third-order valence-corrected chi connectivity index (χ3v) is 2.69. The number of esters is 1. The molecule has 16 heavy (non-hydrogen) atoms. The lowest BCUT2D eigenvalue weighted by Gasteiger charge is -2.19. The van der Waals surface area contributed by atoms with E-state index in [-0.39, 0.29) is 5.97 Å². The summed E-state index contributed by atoms with van der Waals surface area (Å²) in [5.74, 6) is 0.675. The normalized spacial score (nSPS) is 10.0. The number of aromatic nitrogens is 1. The van der Waals surface area contributed by atoms with Gasteiger partial charge in [-0.15, -0.1) is 0 Å². The first-order chi connectivity index (χ1) is 7.54. The van der Waals surface area contributed by atoms with Crippen molar-refractivity contribution in [1.82, 2.24) is 4.98 Å². The number of ether oxygens (including phenoxy) is 1. The van der Waals surface area contributed by atoms with Gasteiger partial charge in [-0.2, -0.15) is 0 Å². The highest BCUT2D eigenvalue weighted by atomic mass is 79.9. The first-order valence-electron chi connectivity index (χ1n) is 4.94. The highest BCUT2D eigenvalue weighted by molar-refractivity contribution is 9.10. The van der Waals surface area contributed by atoms with Gasteiger partial charge in [-0.1, -0.05) is 0 Å². The average Bonchev–Trinajstić information content (AvgIpc) is 2.25. The molecule has 0 bridgehead atoms. The van der Waals surface area contributed by atoms with E-state index in [4.69, 9.17) is 0 Å². The second-order valence-electron chi connectivity index (χ2n) is 3.54. The molecule has 0 radical (unpaired) electrons. The van der Waals surface area contributed by atoms with Gasteiger partial charge in [0, 0.05) is 24.3 Å². The van der Waals surface area contributed by atoms with E-state index in [1.807, 2.05) is 24.9 Å². The molecule has 0 saturated heterocycles. The summed E-state index contributed by atoms with van der Waals surface area (Å²) in [5.41, 5.74) is 1.07. The van der Waals surface area contributed by atoms with Crippen molar-refractivity contribution in [3.63, 3.8) is 0 Å². The number of anilines is 1. The minimum atomic E-state index is -0.207. The molecule has 5 heteroatoms. The van der Waals surface area contributed by atoms with Crippen molar-refractivity contribution in [3.8, 4) is 0 Å². The van der Waals surface area contributed by atoms with Crippen LogP contribution in [0, 0.1) is 6.92 Å². The van der Waals surface area contributed by atoms with Crippen LogP contribution >= 0.6 is 15.9 Å². The van der Waals surface area contributed by atoms with Crippen LogP contribution in [0.25, 0.3) is 0 Å². The van der Waals surface area contributed by atoms with Gasteiger partial charge in [0.1, 0.15) is 5.82 Å². The van der Waals surface area contributed by atoms with Gasteiger partial charge in [-0.25, -0.2) is 4.98 Å². The Hall–Kier alpha value is -1.10. The number of carbonyl (C=O) groups is 1. The van der Waals surface area contributed by atoms with Gasteiger partial charge in [0.25, 0.3) is 0 Å². The Balaban J connectivity index is 2.65. The molecule has 0 aliphatic carbocycles. The molecule has 0 spiro atoms. The van der Waals surface area contributed by atoms with Crippen molar-refractivity contribution in [2.24, 2.45) is 0 Å². The summed E-state index contributed by atoms with van der Waals surface area (Å²) >= 11 is 3.36. The highest BCUT2D eigenvalue weighted by Crippen LogP contribution is 2.19. The smallest absolute Gasteiger partial charge is 0.307 e. The lowest BCUT2D eigenvalue weighted by molar-refractivity contribution is -0.140. The van der Waals surface area contributed by atoms with Crippen molar-refractivity contribution in [2.75, 3.05) is 25.6 Å². The maximum absolute atomic E-state index is 11.0. The molecule has 0 amide bonds. The van der Waals surface area contributed by atoms with Crippen LogP contribution in [0.3, 0.4) is 0 Å². The third kappa shape index (κ3) is 3.48. The molecule has 4 nitrogen and oxygen atoms in total. The number of hydrogen-bond acceptors (Lipinski definition) is 4. The fourth-order valence-electron chi connectivity index (χ4n) is 1.40. The molecule has 1 aromatic rings. The molecule has 0 aliphatic heterocycles. The second-order valence-corrected chi connectivity index (χ2v) is 4.46. The topological polar surface area (TPSA) is 42.4 Å². The first-order valence-corrected chi connectivity index (χ1v) is 5.74. The van der Waals surface area contributed by atoms with E-state index in [0.29, 0.717) is 13.0 Å². The number of aryl methyl sites for hydroxylation is 1. The van der Waals surface area contributed by atoms with E-state index in [1.165, 1.54) is 7.11 Å². The van der Waals surface area contributed by atoms with E-state index < -0.39 is 0 Å². The summed E-state index contributed by atoms with van der Waals surface area (Å²) < 4.78 is 5.55. The fraction of sp³-hybridized carbons (Fsp3) is 0.455. The number of rotatable bonds is 4. The first kappa shape index (κ1) is 13.0. The van der Waals surface area contributed by atoms with E-state index in [1.54, 1.807) is 6.20 Å². The molecule has 0 atom stereocenters. The predicted molar refractivity (Wildman–Crippen MR) is 66.6 cm³/mol. The Morgan fingerprint density at radius 1 is 1.62 bits per heavy atom. The zero-order valence-corrected chi connectivity index (χ0v) is 11.2. The molecule has 1 rings (SSSR count). The highest BCUT2D eigenvalue weighted by Gasteiger charge is 2.08. The lowest BCUT2D eigenvalue weighted by Crippen LogP contribution is -2.23. The van der Waals surface area contributed by atoms with Gasteiger partial charge in [0.2, 0.25) is 0 Å². The summed E-state index contributed by atoms with van der Waals surface area (Å²) in [6.45, 7) is 2.59. The van der Waals surface area contributed by atoms with E-state index in [0.717, 1.165) is 15.9 Å². The van der Waals surface area contributed by atoms with Gasteiger partial charge >= 0.3 is 5.97 Å². The van der Waals surface area contributed by atoms with Gasteiger partial charge in [-0.05, 0) is 34.5 Å². The molecule has 1 aromatic heterocycles. The SMILES string of the molecule is COC(=O)CCN(C)c1ncc(Br)cc1C. The number of nitrogens with zero attached hydrogens (tertiary/aromatic N) is 2. The summed E-state index contributed by atoms with van der Waals surface area (Å²) in [7, 11) is 3.30. The van der Waals surface area contributed by atoms with Gasteiger partial charge in [0.15, 0.2) is 0 Å². The van der Waals surface area contributed by atoms with Gasteiger partial charge < -0.3 is 9.64 Å². The minimum absolute atomic E-state index is 0.207. The Labute approximate surface area is 104 Å². The quantitative estimate of drug-likeness (QED) is 0.796. The van der Waals surface area contributed by atoms with Crippen LogP contribution in [0.4, 0.5) is 5.82 Å². The fourth-order valence-corrected chi connectivity index (χ4v) is 1.85. The van der Waals surface area contributed by atoms with Gasteiger partial charge in [0.05, 0.1) is 13.5 Å². The summed E-state index contributed by atoms with van der Waals surface area (Å²) in [4.78, 5) is 17.3. The third-order valence-electron chi connectivity index (χ3n) is 2.26. The summed E-state index contributed by atoms with van der Waals surface area (Å²) in [6, 6.07) is 2.00. The lowest BCUT2D eigenvalue weighted by atomic mass is 10.2. The molecule has 0 fully saturated rings. The van der Waals surface area contributed by atoms with E-state index in [2.05, 4.69) is 25.7 Å².